The molecule has 1 fully saturated rings. The predicted octanol–water partition coefficient (Wildman–Crippen LogP) is 4.15. The number of nitrogen functional groups attached to an aromatic ring is 1. The standard InChI is InChI=1S/C34H47N6O10P/c1-20(2)16-45-32(43)21(3)39-51(44,50-25-12-10-24(11-13-25)33(6,7)8)46-17-27-29(47-22(4)41)30(48-23(5)42)34(49-27,18-36-9)28-15-14-26-31(35)37-19-38-40(26)28/h10-15,19-21,27,29-30H,9,16-18H2,1-8H3,(H,39,44)(H2,35,37,38)/t21-,27+,29+,30+,34-,51?/m0/s1. The minimum Gasteiger partial charge on any atom is -0.464 e. The fourth-order valence-electron chi connectivity index (χ4n) is 5.60. The fourth-order valence-corrected chi connectivity index (χ4v) is 7.10. The highest BCUT2D eigenvalue weighted by molar-refractivity contribution is 7.52. The highest BCUT2D eigenvalue weighted by Crippen LogP contribution is 2.49. The summed E-state index contributed by atoms with van der Waals surface area (Å²) in [6.07, 6.45) is -2.64. The lowest BCUT2D eigenvalue weighted by Crippen LogP contribution is -2.48. The number of rotatable bonds is 15. The molecule has 1 saturated heterocycles. The molecule has 1 aromatic carbocycles. The van der Waals surface area contributed by atoms with Gasteiger partial charge in [0.05, 0.1) is 25.5 Å². The van der Waals surface area contributed by atoms with Gasteiger partial charge in [-0.2, -0.15) is 10.2 Å². The number of anilines is 1. The smallest absolute Gasteiger partial charge is 0.459 e. The highest BCUT2D eigenvalue weighted by Gasteiger charge is 2.61. The van der Waals surface area contributed by atoms with E-state index in [1.807, 2.05) is 46.8 Å². The number of esters is 3. The second-order valence-corrected chi connectivity index (χ2v) is 15.4. The van der Waals surface area contributed by atoms with Crippen LogP contribution in [0, 0.1) is 5.92 Å². The molecule has 0 radical (unpaired) electrons. The van der Waals surface area contributed by atoms with Gasteiger partial charge >= 0.3 is 25.7 Å². The van der Waals surface area contributed by atoms with Crippen LogP contribution in [0.4, 0.5) is 5.82 Å². The van der Waals surface area contributed by atoms with Gasteiger partial charge in [0.1, 0.15) is 29.7 Å². The Bertz CT molecular complexity index is 1770. The summed E-state index contributed by atoms with van der Waals surface area (Å²) >= 11 is 0. The van der Waals surface area contributed by atoms with Crippen LogP contribution in [0.1, 0.15) is 66.6 Å². The third-order valence-corrected chi connectivity index (χ3v) is 9.61. The summed E-state index contributed by atoms with van der Waals surface area (Å²) in [5, 5.41) is 6.97. The molecule has 3 heterocycles. The Hall–Kier alpha value is -4.37. The molecule has 1 aliphatic heterocycles. The maximum atomic E-state index is 14.5. The number of hydrogen-bond donors (Lipinski definition) is 2. The van der Waals surface area contributed by atoms with Gasteiger partial charge < -0.3 is 29.2 Å². The number of carbonyl (C=O) groups is 3. The van der Waals surface area contributed by atoms with Crippen LogP contribution in [-0.2, 0) is 53.4 Å². The van der Waals surface area contributed by atoms with Crippen LogP contribution in [0.3, 0.4) is 0 Å². The van der Waals surface area contributed by atoms with Gasteiger partial charge in [0.2, 0.25) is 0 Å². The summed E-state index contributed by atoms with van der Waals surface area (Å²) in [4.78, 5) is 46.0. The second kappa shape index (κ2) is 15.9. The summed E-state index contributed by atoms with van der Waals surface area (Å²) in [5.41, 5.74) is 6.01. The van der Waals surface area contributed by atoms with Crippen molar-refractivity contribution in [2.24, 2.45) is 10.9 Å². The van der Waals surface area contributed by atoms with E-state index in [0.29, 0.717) is 11.2 Å². The molecule has 1 unspecified atom stereocenters. The highest BCUT2D eigenvalue weighted by atomic mass is 31.2. The molecule has 3 N–H and O–H groups in total. The Kier molecular flexibility index (Phi) is 12.3. The molecule has 3 aromatic rings. The number of aliphatic imine (C=N–C) groups is 1. The summed E-state index contributed by atoms with van der Waals surface area (Å²) in [7, 11) is -4.44. The van der Waals surface area contributed by atoms with E-state index >= 15 is 0 Å². The summed E-state index contributed by atoms with van der Waals surface area (Å²) in [6.45, 7) is 16.8. The van der Waals surface area contributed by atoms with Crippen molar-refractivity contribution in [2.45, 2.75) is 90.8 Å². The zero-order chi connectivity index (χ0) is 37.7. The Morgan fingerprint density at radius 2 is 1.76 bits per heavy atom. The molecule has 17 heteroatoms. The number of nitrogens with one attached hydrogen (secondary N) is 1. The number of fused-ring (bicyclic) bond motifs is 1. The van der Waals surface area contributed by atoms with E-state index in [9.17, 15) is 18.9 Å². The van der Waals surface area contributed by atoms with Crippen molar-refractivity contribution < 1.29 is 46.9 Å². The van der Waals surface area contributed by atoms with E-state index in [4.69, 9.17) is 33.7 Å². The van der Waals surface area contributed by atoms with Gasteiger partial charge in [0.25, 0.3) is 0 Å². The van der Waals surface area contributed by atoms with Gasteiger partial charge in [-0.1, -0.05) is 46.8 Å². The molecule has 2 aromatic heterocycles. The average Bonchev–Trinajstić information content (AvgIpc) is 3.59. The first-order valence-corrected chi connectivity index (χ1v) is 18.0. The van der Waals surface area contributed by atoms with Gasteiger partial charge in [-0.3, -0.25) is 23.9 Å². The van der Waals surface area contributed by atoms with Crippen LogP contribution < -0.4 is 15.3 Å². The Labute approximate surface area is 297 Å². The van der Waals surface area contributed by atoms with Crippen molar-refractivity contribution in [1.82, 2.24) is 19.7 Å². The van der Waals surface area contributed by atoms with E-state index in [2.05, 4.69) is 26.9 Å². The Morgan fingerprint density at radius 3 is 2.35 bits per heavy atom. The van der Waals surface area contributed by atoms with Crippen molar-refractivity contribution in [1.29, 1.82) is 0 Å². The quantitative estimate of drug-likeness (QED) is 0.0976. The summed E-state index contributed by atoms with van der Waals surface area (Å²) < 4.78 is 51.3. The lowest BCUT2D eigenvalue weighted by Gasteiger charge is -2.32. The SMILES string of the molecule is C=NC[C@@]1(c2ccc3c(N)ncnn23)O[C@H](COP(=O)(N[C@@H](C)C(=O)OCC(C)C)Oc2ccc(C(C)(C)C)cc2)[C@@H](OC(C)=O)[C@H]1OC(C)=O. The molecule has 51 heavy (non-hydrogen) atoms. The molecule has 278 valence electrons. The van der Waals surface area contributed by atoms with Gasteiger partial charge in [0, 0.05) is 13.8 Å². The number of ether oxygens (including phenoxy) is 4. The molecule has 0 aliphatic carbocycles. The molecule has 0 saturated carbocycles. The molecule has 0 bridgehead atoms. The normalized spacial score (nSPS) is 22.3. The maximum Gasteiger partial charge on any atom is 0.459 e. The number of aromatic nitrogens is 3. The molecule has 16 nitrogen and oxygen atoms in total. The van der Waals surface area contributed by atoms with Crippen molar-refractivity contribution in [3.63, 3.8) is 0 Å². The molecule has 6 atom stereocenters. The van der Waals surface area contributed by atoms with E-state index < -0.39 is 62.2 Å². The molecule has 0 spiro atoms. The first-order valence-electron chi connectivity index (χ1n) is 16.4. The van der Waals surface area contributed by atoms with Gasteiger partial charge in [-0.25, -0.2) is 14.1 Å². The molecular weight excluding hydrogens is 683 g/mol. The van der Waals surface area contributed by atoms with E-state index in [0.717, 1.165) is 5.56 Å². The summed E-state index contributed by atoms with van der Waals surface area (Å²) in [6, 6.07) is 9.08. The number of nitrogens with zero attached hydrogens (tertiary/aromatic N) is 4. The fraction of sp³-hybridized carbons (Fsp3) is 0.529. The number of benzene rings is 1. The third-order valence-electron chi connectivity index (χ3n) is 7.96. The van der Waals surface area contributed by atoms with Crippen molar-refractivity contribution in [2.75, 3.05) is 25.5 Å². The topological polar surface area (TPSA) is 204 Å². The van der Waals surface area contributed by atoms with Crippen molar-refractivity contribution in [3.8, 4) is 5.75 Å². The lowest BCUT2D eigenvalue weighted by atomic mass is 9.87. The van der Waals surface area contributed by atoms with Crippen LogP contribution >= 0.6 is 7.75 Å². The molecule has 1 aliphatic rings. The van der Waals surface area contributed by atoms with Gasteiger partial charge in [0.15, 0.2) is 23.6 Å². The zero-order valence-electron chi connectivity index (χ0n) is 30.2. The first kappa shape index (κ1) is 39.4. The van der Waals surface area contributed by atoms with Crippen LogP contribution in [0.15, 0.2) is 47.7 Å². The van der Waals surface area contributed by atoms with Gasteiger partial charge in [-0.15, -0.1) is 0 Å². The van der Waals surface area contributed by atoms with E-state index in [-0.39, 0.29) is 36.1 Å². The van der Waals surface area contributed by atoms with Crippen molar-refractivity contribution in [3.05, 3.63) is 54.0 Å². The van der Waals surface area contributed by atoms with Crippen LogP contribution in [0.5, 0.6) is 5.75 Å². The third kappa shape index (κ3) is 9.30. The largest absolute Gasteiger partial charge is 0.464 e. The number of carbonyl (C=O) groups excluding carboxylic acids is 3. The monoisotopic (exact) mass is 730 g/mol. The van der Waals surface area contributed by atoms with Crippen molar-refractivity contribution >= 4 is 43.7 Å². The van der Waals surface area contributed by atoms with Crippen LogP contribution in [0.25, 0.3) is 5.52 Å². The maximum absolute atomic E-state index is 14.5. The number of nitrogens with two attached hydrogens (primary N) is 1. The van der Waals surface area contributed by atoms with Crippen LogP contribution in [-0.4, -0.2) is 83.3 Å². The average molecular weight is 731 g/mol. The molecule has 4 rings (SSSR count). The second-order valence-electron chi connectivity index (χ2n) is 13.7. The van der Waals surface area contributed by atoms with Gasteiger partial charge in [-0.05, 0) is 54.8 Å². The summed E-state index contributed by atoms with van der Waals surface area (Å²) in [5.74, 6) is -1.70. The van der Waals surface area contributed by atoms with E-state index in [1.54, 1.807) is 24.3 Å². The Morgan fingerprint density at radius 1 is 1.10 bits per heavy atom. The Balaban J connectivity index is 1.74. The van der Waals surface area contributed by atoms with Crippen LogP contribution in [0.2, 0.25) is 0 Å². The molecular formula is C34H47N6O10P. The first-order chi connectivity index (χ1) is 23.9. The van der Waals surface area contributed by atoms with E-state index in [1.165, 1.54) is 31.6 Å². The zero-order valence-corrected chi connectivity index (χ0v) is 31.0. The number of hydrogen-bond acceptors (Lipinski definition) is 14. The molecule has 0 amide bonds. The minimum absolute atomic E-state index is 0.0654. The lowest BCUT2D eigenvalue weighted by molar-refractivity contribution is -0.169. The minimum atomic E-state index is -4.44. The predicted molar refractivity (Wildman–Crippen MR) is 187 cm³/mol.